The lowest BCUT2D eigenvalue weighted by Gasteiger charge is -2.20. The molecular formula is C15H18ClN3O2. The molecule has 2 aromatic rings. The highest BCUT2D eigenvalue weighted by Gasteiger charge is 2.15. The molecule has 112 valence electrons. The van der Waals surface area contributed by atoms with Gasteiger partial charge in [0.1, 0.15) is 5.56 Å². The van der Waals surface area contributed by atoms with Gasteiger partial charge in [-0.05, 0) is 48.7 Å². The number of aromatic nitrogens is 1. The molecular weight excluding hydrogens is 290 g/mol. The van der Waals surface area contributed by atoms with Crippen LogP contribution >= 0.6 is 11.6 Å². The van der Waals surface area contributed by atoms with Gasteiger partial charge >= 0.3 is 0 Å². The Kier molecular flexibility index (Phi) is 4.65. The Morgan fingerprint density at radius 1 is 1.38 bits per heavy atom. The van der Waals surface area contributed by atoms with Crippen LogP contribution in [0.3, 0.4) is 0 Å². The number of carbonyl (C=O) groups is 1. The number of carbonyl (C=O) groups excluding carboxylic acids is 1. The van der Waals surface area contributed by atoms with Crippen LogP contribution in [0, 0.1) is 0 Å². The summed E-state index contributed by atoms with van der Waals surface area (Å²) in [6, 6.07) is 5.67. The van der Waals surface area contributed by atoms with Crippen molar-refractivity contribution in [3.05, 3.63) is 45.7 Å². The van der Waals surface area contributed by atoms with E-state index in [1.54, 1.807) is 9.69 Å². The number of benzene rings is 1. The van der Waals surface area contributed by atoms with Gasteiger partial charge in [0.05, 0.1) is 5.52 Å². The summed E-state index contributed by atoms with van der Waals surface area (Å²) >= 11 is 5.52. The van der Waals surface area contributed by atoms with Gasteiger partial charge in [-0.25, -0.2) is 0 Å². The molecule has 0 radical (unpaired) electrons. The summed E-state index contributed by atoms with van der Waals surface area (Å²) in [7, 11) is 3.66. The molecule has 2 N–H and O–H groups in total. The fourth-order valence-corrected chi connectivity index (χ4v) is 2.43. The second-order valence-corrected chi connectivity index (χ2v) is 5.42. The van der Waals surface area contributed by atoms with Gasteiger partial charge in [0, 0.05) is 25.7 Å². The van der Waals surface area contributed by atoms with Crippen LogP contribution in [0.5, 0.6) is 0 Å². The molecule has 21 heavy (non-hydrogen) atoms. The Labute approximate surface area is 127 Å². The maximum atomic E-state index is 12.4. The third kappa shape index (κ3) is 3.09. The predicted molar refractivity (Wildman–Crippen MR) is 85.8 cm³/mol. The number of hydrogen-bond donors (Lipinski definition) is 1. The second kappa shape index (κ2) is 6.28. The second-order valence-electron chi connectivity index (χ2n) is 5.08. The molecule has 5 nitrogen and oxygen atoms in total. The highest BCUT2D eigenvalue weighted by Crippen LogP contribution is 2.16. The van der Waals surface area contributed by atoms with E-state index in [9.17, 15) is 9.59 Å². The molecule has 0 aliphatic carbocycles. The Balaban J connectivity index is 2.73. The minimum Gasteiger partial charge on any atom is -0.330 e. The molecule has 0 saturated carbocycles. The number of aryl methyl sites for hydroxylation is 1. The van der Waals surface area contributed by atoms with E-state index >= 15 is 0 Å². The molecule has 2 rings (SSSR count). The number of fused-ring (bicyclic) bond motifs is 1. The summed E-state index contributed by atoms with van der Waals surface area (Å²) in [6.07, 6.45) is 3.12. The number of pyridine rings is 1. The quantitative estimate of drug-likeness (QED) is 0.849. The van der Waals surface area contributed by atoms with Gasteiger partial charge in [0.2, 0.25) is 5.43 Å². The van der Waals surface area contributed by atoms with Gasteiger partial charge in [0.15, 0.2) is 0 Å². The zero-order chi connectivity index (χ0) is 15.6. The van der Waals surface area contributed by atoms with Crippen molar-refractivity contribution in [2.24, 2.45) is 5.73 Å². The first-order valence-corrected chi connectivity index (χ1v) is 7.09. The van der Waals surface area contributed by atoms with Crippen molar-refractivity contribution in [1.29, 1.82) is 0 Å². The first-order valence-electron chi connectivity index (χ1n) is 6.71. The standard InChI is InChI=1S/C15H18ClN3O2/c1-18(2)19-9-12(15(16)21)14(20)11-8-10(4-3-7-17)5-6-13(11)19/h5-6,8-9H,3-4,7,17H2,1-2H3. The van der Waals surface area contributed by atoms with Crippen LogP contribution in [0.2, 0.25) is 0 Å². The summed E-state index contributed by atoms with van der Waals surface area (Å²) in [5, 5.41) is 1.53. The topological polar surface area (TPSA) is 68.3 Å². The predicted octanol–water partition coefficient (Wildman–Crippen LogP) is 1.47. The van der Waals surface area contributed by atoms with E-state index in [0.717, 1.165) is 23.9 Å². The highest BCUT2D eigenvalue weighted by molar-refractivity contribution is 6.67. The first-order chi connectivity index (χ1) is 9.95. The maximum Gasteiger partial charge on any atom is 0.257 e. The summed E-state index contributed by atoms with van der Waals surface area (Å²) in [5.41, 5.74) is 6.92. The summed E-state index contributed by atoms with van der Waals surface area (Å²) in [4.78, 5) is 23.9. The molecule has 0 unspecified atom stereocenters. The van der Waals surface area contributed by atoms with E-state index in [1.807, 2.05) is 32.3 Å². The molecule has 0 amide bonds. The summed E-state index contributed by atoms with van der Waals surface area (Å²) < 4.78 is 1.74. The zero-order valence-electron chi connectivity index (χ0n) is 12.1. The lowest BCUT2D eigenvalue weighted by molar-refractivity contribution is 0.108. The molecule has 0 fully saturated rings. The fourth-order valence-electron chi connectivity index (χ4n) is 2.29. The van der Waals surface area contributed by atoms with Crippen LogP contribution < -0.4 is 16.2 Å². The van der Waals surface area contributed by atoms with E-state index in [1.165, 1.54) is 6.20 Å². The third-order valence-electron chi connectivity index (χ3n) is 3.36. The van der Waals surface area contributed by atoms with Crippen LogP contribution in [-0.4, -0.2) is 30.6 Å². The Bertz CT molecular complexity index is 738. The lowest BCUT2D eigenvalue weighted by atomic mass is 10.1. The van der Waals surface area contributed by atoms with Gasteiger partial charge in [-0.3, -0.25) is 14.3 Å². The van der Waals surface area contributed by atoms with Gasteiger partial charge < -0.3 is 10.7 Å². The average Bonchev–Trinajstić information content (AvgIpc) is 2.45. The molecule has 0 spiro atoms. The Morgan fingerprint density at radius 2 is 2.10 bits per heavy atom. The molecule has 1 aromatic heterocycles. The molecule has 6 heteroatoms. The number of rotatable bonds is 5. The first kappa shape index (κ1) is 15.5. The average molecular weight is 308 g/mol. The molecule has 0 atom stereocenters. The van der Waals surface area contributed by atoms with Crippen LogP contribution in [-0.2, 0) is 6.42 Å². The van der Waals surface area contributed by atoms with Crippen LogP contribution in [0.4, 0.5) is 0 Å². The zero-order valence-corrected chi connectivity index (χ0v) is 12.9. The maximum absolute atomic E-state index is 12.4. The van der Waals surface area contributed by atoms with Crippen molar-refractivity contribution in [1.82, 2.24) is 4.68 Å². The van der Waals surface area contributed by atoms with E-state index in [-0.39, 0.29) is 11.0 Å². The fraction of sp³-hybridized carbons (Fsp3) is 0.333. The van der Waals surface area contributed by atoms with Crippen molar-refractivity contribution in [3.8, 4) is 0 Å². The van der Waals surface area contributed by atoms with Crippen molar-refractivity contribution >= 4 is 27.7 Å². The minimum absolute atomic E-state index is 0.0196. The number of nitrogens with zero attached hydrogens (tertiary/aromatic N) is 2. The number of nitrogens with two attached hydrogens (primary N) is 1. The monoisotopic (exact) mass is 307 g/mol. The van der Waals surface area contributed by atoms with Gasteiger partial charge in [0.25, 0.3) is 5.24 Å². The SMILES string of the molecule is CN(C)n1cc(C(=O)Cl)c(=O)c2cc(CCCN)ccc21. The van der Waals surface area contributed by atoms with Crippen molar-refractivity contribution in [2.75, 3.05) is 25.6 Å². The van der Waals surface area contributed by atoms with E-state index in [2.05, 4.69) is 0 Å². The smallest absolute Gasteiger partial charge is 0.257 e. The molecule has 0 aliphatic heterocycles. The van der Waals surface area contributed by atoms with Gasteiger partial charge in [-0.15, -0.1) is 0 Å². The number of hydrogen-bond acceptors (Lipinski definition) is 4. The third-order valence-corrected chi connectivity index (χ3v) is 3.56. The highest BCUT2D eigenvalue weighted by atomic mass is 35.5. The molecule has 1 heterocycles. The van der Waals surface area contributed by atoms with Crippen molar-refractivity contribution < 1.29 is 4.79 Å². The van der Waals surface area contributed by atoms with Gasteiger partial charge in [-0.1, -0.05) is 6.07 Å². The van der Waals surface area contributed by atoms with Crippen molar-refractivity contribution in [3.63, 3.8) is 0 Å². The van der Waals surface area contributed by atoms with Crippen LogP contribution in [0.15, 0.2) is 29.2 Å². The van der Waals surface area contributed by atoms with Crippen LogP contribution in [0.25, 0.3) is 10.9 Å². The molecule has 0 aliphatic rings. The van der Waals surface area contributed by atoms with Crippen LogP contribution in [0.1, 0.15) is 22.3 Å². The summed E-state index contributed by atoms with van der Waals surface area (Å²) in [5.74, 6) is 0. The Morgan fingerprint density at radius 3 is 2.67 bits per heavy atom. The summed E-state index contributed by atoms with van der Waals surface area (Å²) in [6.45, 7) is 0.597. The largest absolute Gasteiger partial charge is 0.330 e. The van der Waals surface area contributed by atoms with Gasteiger partial charge in [-0.2, -0.15) is 0 Å². The molecule has 0 saturated heterocycles. The Hall–Kier alpha value is -1.85. The number of halogens is 1. The minimum atomic E-state index is -0.745. The van der Waals surface area contributed by atoms with E-state index in [4.69, 9.17) is 17.3 Å². The normalized spacial score (nSPS) is 10.9. The van der Waals surface area contributed by atoms with E-state index in [0.29, 0.717) is 11.9 Å². The van der Waals surface area contributed by atoms with E-state index < -0.39 is 5.24 Å². The molecule has 1 aromatic carbocycles. The molecule has 0 bridgehead atoms. The van der Waals surface area contributed by atoms with Crippen molar-refractivity contribution in [2.45, 2.75) is 12.8 Å². The lowest BCUT2D eigenvalue weighted by Crippen LogP contribution is -2.29.